The van der Waals surface area contributed by atoms with Crippen LogP contribution in [-0.4, -0.2) is 23.6 Å². The van der Waals surface area contributed by atoms with E-state index in [1.807, 2.05) is 12.1 Å². The van der Waals surface area contributed by atoms with Crippen molar-refractivity contribution in [1.29, 1.82) is 0 Å². The second-order valence-corrected chi connectivity index (χ2v) is 4.90. The first-order valence-corrected chi connectivity index (χ1v) is 5.69. The molecular weight excluding hydrogens is 220 g/mol. The van der Waals surface area contributed by atoms with Gasteiger partial charge in [-0.1, -0.05) is 17.7 Å². The summed E-state index contributed by atoms with van der Waals surface area (Å²) in [6, 6.07) is 5.69. The van der Waals surface area contributed by atoms with Gasteiger partial charge in [0.05, 0.1) is 25.1 Å². The first-order valence-electron chi connectivity index (χ1n) is 4.44. The highest BCUT2D eigenvalue weighted by Gasteiger charge is 2.21. The standard InChI is InChI=1S/C10H11ClO2S/c11-9-2-1-3-10(8(9)4-12)14-7-5-13-6-7/h1-3,7,12H,4-6H2. The Kier molecular flexibility index (Phi) is 3.34. The smallest absolute Gasteiger partial charge is 0.0707 e. The molecule has 0 aliphatic carbocycles. The Hall–Kier alpha value is -0.220. The molecule has 1 fully saturated rings. The zero-order valence-corrected chi connectivity index (χ0v) is 9.14. The molecule has 0 amide bonds. The molecule has 1 aliphatic heterocycles. The number of halogens is 1. The molecule has 1 aliphatic rings. The number of aliphatic hydroxyl groups excluding tert-OH is 1. The van der Waals surface area contributed by atoms with E-state index in [9.17, 15) is 5.11 Å². The van der Waals surface area contributed by atoms with Gasteiger partial charge in [0.15, 0.2) is 0 Å². The van der Waals surface area contributed by atoms with Crippen LogP contribution in [0.5, 0.6) is 0 Å². The summed E-state index contributed by atoms with van der Waals surface area (Å²) >= 11 is 7.70. The van der Waals surface area contributed by atoms with Gasteiger partial charge in [0.2, 0.25) is 0 Å². The monoisotopic (exact) mass is 230 g/mol. The van der Waals surface area contributed by atoms with Gasteiger partial charge in [-0.2, -0.15) is 0 Å². The summed E-state index contributed by atoms with van der Waals surface area (Å²) in [4.78, 5) is 1.06. The third kappa shape index (κ3) is 2.06. The van der Waals surface area contributed by atoms with Crippen molar-refractivity contribution in [3.63, 3.8) is 0 Å². The fourth-order valence-electron chi connectivity index (χ4n) is 1.26. The summed E-state index contributed by atoms with van der Waals surface area (Å²) in [6.07, 6.45) is 0. The number of rotatable bonds is 3. The van der Waals surface area contributed by atoms with Gasteiger partial charge in [-0.25, -0.2) is 0 Å². The molecule has 1 aromatic rings. The lowest BCUT2D eigenvalue weighted by molar-refractivity contribution is 0.0455. The lowest BCUT2D eigenvalue weighted by Crippen LogP contribution is -2.30. The predicted molar refractivity (Wildman–Crippen MR) is 57.8 cm³/mol. The molecule has 1 aromatic carbocycles. The predicted octanol–water partition coefficient (Wildman–Crippen LogP) is 2.32. The molecule has 1 saturated heterocycles. The Morgan fingerprint density at radius 1 is 1.50 bits per heavy atom. The first-order chi connectivity index (χ1) is 6.81. The van der Waals surface area contributed by atoms with Crippen molar-refractivity contribution < 1.29 is 9.84 Å². The van der Waals surface area contributed by atoms with E-state index in [2.05, 4.69) is 0 Å². The summed E-state index contributed by atoms with van der Waals surface area (Å²) in [6.45, 7) is 1.58. The zero-order valence-electron chi connectivity index (χ0n) is 7.57. The molecule has 2 rings (SSSR count). The van der Waals surface area contributed by atoms with E-state index in [1.54, 1.807) is 17.8 Å². The molecule has 4 heteroatoms. The second kappa shape index (κ2) is 4.53. The minimum atomic E-state index is -0.00438. The molecule has 0 radical (unpaired) electrons. The number of thioether (sulfide) groups is 1. The Morgan fingerprint density at radius 2 is 2.29 bits per heavy atom. The molecule has 1 N–H and O–H groups in total. The average molecular weight is 231 g/mol. The molecule has 0 spiro atoms. The van der Waals surface area contributed by atoms with Crippen molar-refractivity contribution in [2.75, 3.05) is 13.2 Å². The van der Waals surface area contributed by atoms with Crippen LogP contribution in [0.25, 0.3) is 0 Å². The fraction of sp³-hybridized carbons (Fsp3) is 0.400. The van der Waals surface area contributed by atoms with E-state index in [0.29, 0.717) is 10.3 Å². The molecular formula is C10H11ClO2S. The van der Waals surface area contributed by atoms with E-state index >= 15 is 0 Å². The maximum Gasteiger partial charge on any atom is 0.0707 e. The Morgan fingerprint density at radius 3 is 2.86 bits per heavy atom. The lowest BCUT2D eigenvalue weighted by atomic mass is 10.2. The lowest BCUT2D eigenvalue weighted by Gasteiger charge is -2.26. The largest absolute Gasteiger partial charge is 0.392 e. The van der Waals surface area contributed by atoms with E-state index < -0.39 is 0 Å². The summed E-state index contributed by atoms with van der Waals surface area (Å²) in [5.74, 6) is 0. The van der Waals surface area contributed by atoms with Crippen molar-refractivity contribution in [3.8, 4) is 0 Å². The van der Waals surface area contributed by atoms with Crippen molar-refractivity contribution in [2.24, 2.45) is 0 Å². The highest BCUT2D eigenvalue weighted by Crippen LogP contribution is 2.33. The van der Waals surface area contributed by atoms with Crippen LogP contribution in [0.15, 0.2) is 23.1 Å². The fourth-order valence-corrected chi connectivity index (χ4v) is 2.72. The molecule has 0 atom stereocenters. The SMILES string of the molecule is OCc1c(Cl)cccc1SC1COC1. The van der Waals surface area contributed by atoms with Gasteiger partial charge in [-0.15, -0.1) is 11.8 Å². The third-order valence-electron chi connectivity index (χ3n) is 2.14. The van der Waals surface area contributed by atoms with Gasteiger partial charge in [-0.05, 0) is 12.1 Å². The quantitative estimate of drug-likeness (QED) is 0.864. The van der Waals surface area contributed by atoms with Crippen LogP contribution in [0.2, 0.25) is 5.02 Å². The summed E-state index contributed by atoms with van der Waals surface area (Å²) in [5.41, 5.74) is 0.825. The van der Waals surface area contributed by atoms with Crippen LogP contribution >= 0.6 is 23.4 Å². The Labute approximate surface area is 92.2 Å². The van der Waals surface area contributed by atoms with Gasteiger partial charge in [0.25, 0.3) is 0 Å². The van der Waals surface area contributed by atoms with Gasteiger partial charge in [0, 0.05) is 15.5 Å². The molecule has 0 bridgehead atoms. The molecule has 0 saturated carbocycles. The molecule has 2 nitrogen and oxygen atoms in total. The minimum Gasteiger partial charge on any atom is -0.392 e. The van der Waals surface area contributed by atoms with Gasteiger partial charge in [-0.3, -0.25) is 0 Å². The van der Waals surface area contributed by atoms with Gasteiger partial charge >= 0.3 is 0 Å². The van der Waals surface area contributed by atoms with Gasteiger partial charge in [0.1, 0.15) is 0 Å². The summed E-state index contributed by atoms with van der Waals surface area (Å²) in [5, 5.41) is 10.3. The third-order valence-corrected chi connectivity index (χ3v) is 3.73. The van der Waals surface area contributed by atoms with E-state index in [0.717, 1.165) is 23.7 Å². The number of benzene rings is 1. The topological polar surface area (TPSA) is 29.5 Å². The highest BCUT2D eigenvalue weighted by molar-refractivity contribution is 8.00. The Bertz CT molecular complexity index is 326. The van der Waals surface area contributed by atoms with Crippen LogP contribution in [0.1, 0.15) is 5.56 Å². The molecule has 0 aromatic heterocycles. The number of hydrogen-bond donors (Lipinski definition) is 1. The van der Waals surface area contributed by atoms with Crippen molar-refractivity contribution in [3.05, 3.63) is 28.8 Å². The molecule has 0 unspecified atom stereocenters. The zero-order chi connectivity index (χ0) is 9.97. The summed E-state index contributed by atoms with van der Waals surface area (Å²) < 4.78 is 5.09. The number of ether oxygens (including phenoxy) is 1. The average Bonchev–Trinajstić information content (AvgIpc) is 2.11. The molecule has 14 heavy (non-hydrogen) atoms. The van der Waals surface area contributed by atoms with Crippen LogP contribution < -0.4 is 0 Å². The maximum absolute atomic E-state index is 9.17. The van der Waals surface area contributed by atoms with Crippen LogP contribution in [0.4, 0.5) is 0 Å². The first kappa shape index (κ1) is 10.3. The normalized spacial score (nSPS) is 16.7. The van der Waals surface area contributed by atoms with Crippen LogP contribution in [-0.2, 0) is 11.3 Å². The number of hydrogen-bond acceptors (Lipinski definition) is 3. The van der Waals surface area contributed by atoms with Crippen LogP contribution in [0.3, 0.4) is 0 Å². The minimum absolute atomic E-state index is 0.00438. The molecule has 1 heterocycles. The van der Waals surface area contributed by atoms with E-state index in [1.165, 1.54) is 0 Å². The van der Waals surface area contributed by atoms with Crippen molar-refractivity contribution >= 4 is 23.4 Å². The second-order valence-electron chi connectivity index (χ2n) is 3.15. The van der Waals surface area contributed by atoms with Crippen molar-refractivity contribution in [2.45, 2.75) is 16.8 Å². The van der Waals surface area contributed by atoms with Gasteiger partial charge < -0.3 is 9.84 Å². The highest BCUT2D eigenvalue weighted by atomic mass is 35.5. The van der Waals surface area contributed by atoms with E-state index in [-0.39, 0.29) is 6.61 Å². The maximum atomic E-state index is 9.17. The summed E-state index contributed by atoms with van der Waals surface area (Å²) in [7, 11) is 0. The van der Waals surface area contributed by atoms with Crippen molar-refractivity contribution in [1.82, 2.24) is 0 Å². The van der Waals surface area contributed by atoms with E-state index in [4.69, 9.17) is 16.3 Å². The van der Waals surface area contributed by atoms with Crippen LogP contribution in [0, 0.1) is 0 Å². The number of aliphatic hydroxyl groups is 1. The molecule has 76 valence electrons. The Balaban J connectivity index is 2.17.